The Morgan fingerprint density at radius 1 is 1.29 bits per heavy atom. The number of nitro groups is 1. The Kier molecular flexibility index (Phi) is 4.39. The van der Waals surface area contributed by atoms with Crippen LogP contribution in [0.2, 0.25) is 0 Å². The first kappa shape index (κ1) is 18.8. The average molecular weight is 419 g/mol. The molecular formula is C21H17N5O5. The van der Waals surface area contributed by atoms with E-state index < -0.39 is 16.9 Å². The quantitative estimate of drug-likeness (QED) is 0.358. The zero-order valence-corrected chi connectivity index (χ0v) is 16.5. The summed E-state index contributed by atoms with van der Waals surface area (Å²) in [7, 11) is 0. The second kappa shape index (κ2) is 7.24. The molecule has 0 N–H and O–H groups in total. The van der Waals surface area contributed by atoms with Gasteiger partial charge in [0.2, 0.25) is 0 Å². The van der Waals surface area contributed by atoms with Gasteiger partial charge in [-0.2, -0.15) is 5.10 Å². The van der Waals surface area contributed by atoms with E-state index in [-0.39, 0.29) is 12.4 Å². The van der Waals surface area contributed by atoms with Crippen molar-refractivity contribution in [1.82, 2.24) is 14.6 Å². The highest BCUT2D eigenvalue weighted by atomic mass is 16.6. The number of hydrogen-bond donors (Lipinski definition) is 0. The molecule has 0 radical (unpaired) electrons. The van der Waals surface area contributed by atoms with Crippen LogP contribution in [-0.4, -0.2) is 31.1 Å². The Hall–Kier alpha value is -4.21. The number of hydrogen-bond acceptors (Lipinski definition) is 7. The molecule has 5 rings (SSSR count). The van der Waals surface area contributed by atoms with E-state index in [4.69, 9.17) is 8.83 Å². The molecule has 10 nitrogen and oxygen atoms in total. The number of aromatic nitrogens is 2. The minimum absolute atomic E-state index is 0.249. The number of carbonyl (C=O) groups excluding carboxylic acids is 1. The molecule has 0 bridgehead atoms. The molecule has 0 saturated heterocycles. The highest BCUT2D eigenvalue weighted by Gasteiger charge is 2.37. The molecule has 1 amide bonds. The van der Waals surface area contributed by atoms with Crippen LogP contribution >= 0.6 is 0 Å². The Morgan fingerprint density at radius 2 is 2.13 bits per heavy atom. The van der Waals surface area contributed by atoms with Crippen molar-refractivity contribution < 1.29 is 18.6 Å². The van der Waals surface area contributed by atoms with E-state index in [0.717, 1.165) is 17.2 Å². The van der Waals surface area contributed by atoms with Crippen LogP contribution in [0.3, 0.4) is 0 Å². The van der Waals surface area contributed by atoms with Crippen LogP contribution in [0.1, 0.15) is 29.8 Å². The van der Waals surface area contributed by atoms with Crippen molar-refractivity contribution in [3.8, 4) is 0 Å². The predicted molar refractivity (Wildman–Crippen MR) is 109 cm³/mol. The monoisotopic (exact) mass is 419 g/mol. The SMILES string of the molecule is Cc1ncc([N+](=O)[O-])n1CC(=O)N1N=C(c2cc3ccccc3o2)CC1c1ccco1. The summed E-state index contributed by atoms with van der Waals surface area (Å²) in [5.41, 5.74) is 1.33. The smallest absolute Gasteiger partial charge is 0.343 e. The third kappa shape index (κ3) is 3.27. The van der Waals surface area contributed by atoms with Crippen molar-refractivity contribution in [2.45, 2.75) is 25.9 Å². The van der Waals surface area contributed by atoms with Gasteiger partial charge in [0.05, 0.1) is 6.26 Å². The van der Waals surface area contributed by atoms with Gasteiger partial charge >= 0.3 is 5.82 Å². The first-order valence-electron chi connectivity index (χ1n) is 9.59. The standard InChI is InChI=1S/C21H17N5O5/c1-13-22-11-20(26(28)29)24(13)12-21(27)25-16(18-7-4-8-30-18)10-15(23-25)19-9-14-5-2-3-6-17(14)31-19/h2-9,11,16H,10,12H2,1H3. The molecule has 1 aliphatic rings. The molecule has 0 fully saturated rings. The summed E-state index contributed by atoms with van der Waals surface area (Å²) in [6.07, 6.45) is 3.06. The molecule has 1 unspecified atom stereocenters. The summed E-state index contributed by atoms with van der Waals surface area (Å²) in [5, 5.41) is 18.0. The third-order valence-corrected chi connectivity index (χ3v) is 5.26. The number of rotatable bonds is 5. The van der Waals surface area contributed by atoms with Crippen molar-refractivity contribution in [3.05, 3.63) is 82.4 Å². The van der Waals surface area contributed by atoms with Gasteiger partial charge in [0.1, 0.15) is 29.3 Å². The average Bonchev–Trinajstić information content (AvgIpc) is 3.53. The van der Waals surface area contributed by atoms with E-state index in [1.165, 1.54) is 15.8 Å². The molecule has 4 heterocycles. The zero-order valence-electron chi connectivity index (χ0n) is 16.5. The first-order chi connectivity index (χ1) is 15.0. The van der Waals surface area contributed by atoms with Crippen molar-refractivity contribution in [2.75, 3.05) is 0 Å². The van der Waals surface area contributed by atoms with Gasteiger partial charge in [-0.15, -0.1) is 0 Å². The summed E-state index contributed by atoms with van der Waals surface area (Å²) in [4.78, 5) is 27.8. The Morgan fingerprint density at radius 3 is 2.87 bits per heavy atom. The molecule has 1 atom stereocenters. The number of hydrazone groups is 1. The number of furan rings is 2. The summed E-state index contributed by atoms with van der Waals surface area (Å²) >= 11 is 0. The van der Waals surface area contributed by atoms with Gasteiger partial charge in [0.15, 0.2) is 18.1 Å². The van der Waals surface area contributed by atoms with Gasteiger partial charge in [0.25, 0.3) is 5.91 Å². The van der Waals surface area contributed by atoms with Crippen LogP contribution in [-0.2, 0) is 11.3 Å². The molecule has 10 heteroatoms. The molecule has 0 spiro atoms. The van der Waals surface area contributed by atoms with E-state index in [9.17, 15) is 14.9 Å². The van der Waals surface area contributed by atoms with Gasteiger partial charge in [-0.1, -0.05) is 18.2 Å². The number of fused-ring (bicyclic) bond motifs is 1. The maximum Gasteiger partial charge on any atom is 0.343 e. The minimum atomic E-state index is -0.565. The number of carbonyl (C=O) groups is 1. The number of para-hydroxylation sites is 1. The van der Waals surface area contributed by atoms with Crippen molar-refractivity contribution in [1.29, 1.82) is 0 Å². The third-order valence-electron chi connectivity index (χ3n) is 5.26. The molecule has 3 aromatic heterocycles. The Balaban J connectivity index is 1.50. The summed E-state index contributed by atoms with van der Waals surface area (Å²) in [6, 6.07) is 12.5. The number of amides is 1. The minimum Gasteiger partial charge on any atom is -0.467 e. The van der Waals surface area contributed by atoms with Crippen LogP contribution in [0.25, 0.3) is 11.0 Å². The molecule has 1 aliphatic heterocycles. The fourth-order valence-corrected chi connectivity index (χ4v) is 3.72. The lowest BCUT2D eigenvalue weighted by Gasteiger charge is -2.19. The predicted octanol–water partition coefficient (Wildman–Crippen LogP) is 3.82. The summed E-state index contributed by atoms with van der Waals surface area (Å²) in [5.74, 6) is 0.839. The summed E-state index contributed by atoms with van der Waals surface area (Å²) in [6.45, 7) is 1.34. The largest absolute Gasteiger partial charge is 0.467 e. The van der Waals surface area contributed by atoms with Crippen molar-refractivity contribution in [2.24, 2.45) is 5.10 Å². The fraction of sp³-hybridized carbons (Fsp3) is 0.190. The van der Waals surface area contributed by atoms with Gasteiger partial charge in [0, 0.05) is 18.7 Å². The van der Waals surface area contributed by atoms with E-state index in [1.54, 1.807) is 19.1 Å². The summed E-state index contributed by atoms with van der Waals surface area (Å²) < 4.78 is 12.7. The van der Waals surface area contributed by atoms with E-state index in [0.29, 0.717) is 29.5 Å². The van der Waals surface area contributed by atoms with E-state index in [1.807, 2.05) is 30.3 Å². The molecule has 1 aromatic carbocycles. The number of nitrogens with zero attached hydrogens (tertiary/aromatic N) is 5. The molecule has 4 aromatic rings. The molecular weight excluding hydrogens is 402 g/mol. The highest BCUT2D eigenvalue weighted by molar-refractivity contribution is 6.03. The topological polar surface area (TPSA) is 120 Å². The van der Waals surface area contributed by atoms with Gasteiger partial charge in [-0.3, -0.25) is 4.79 Å². The lowest BCUT2D eigenvalue weighted by Crippen LogP contribution is -2.30. The lowest BCUT2D eigenvalue weighted by molar-refractivity contribution is -0.392. The van der Waals surface area contributed by atoms with Gasteiger partial charge in [-0.25, -0.2) is 14.6 Å². The Bertz CT molecular complexity index is 1280. The number of imidazole rings is 1. The highest BCUT2D eigenvalue weighted by Crippen LogP contribution is 2.34. The van der Waals surface area contributed by atoms with Gasteiger partial charge < -0.3 is 18.9 Å². The lowest BCUT2D eigenvalue weighted by atomic mass is 10.1. The maximum absolute atomic E-state index is 13.2. The second-order valence-electron chi connectivity index (χ2n) is 7.18. The van der Waals surface area contributed by atoms with E-state index >= 15 is 0 Å². The fourth-order valence-electron chi connectivity index (χ4n) is 3.72. The van der Waals surface area contributed by atoms with Crippen LogP contribution in [0.4, 0.5) is 5.82 Å². The second-order valence-corrected chi connectivity index (χ2v) is 7.18. The van der Waals surface area contributed by atoms with Crippen molar-refractivity contribution in [3.63, 3.8) is 0 Å². The molecule has 31 heavy (non-hydrogen) atoms. The van der Waals surface area contributed by atoms with Crippen LogP contribution < -0.4 is 0 Å². The van der Waals surface area contributed by atoms with Crippen molar-refractivity contribution >= 4 is 28.4 Å². The normalized spacial score (nSPS) is 16.1. The first-order valence-corrected chi connectivity index (χ1v) is 9.59. The zero-order chi connectivity index (χ0) is 21.5. The maximum atomic E-state index is 13.2. The molecule has 0 aliphatic carbocycles. The Labute approximate surface area is 175 Å². The molecule has 156 valence electrons. The number of benzene rings is 1. The van der Waals surface area contributed by atoms with Crippen LogP contribution in [0, 0.1) is 17.0 Å². The van der Waals surface area contributed by atoms with Crippen LogP contribution in [0.15, 0.2) is 68.9 Å². The number of aryl methyl sites for hydroxylation is 1. The van der Waals surface area contributed by atoms with Gasteiger partial charge in [-0.05, 0) is 29.2 Å². The van der Waals surface area contributed by atoms with E-state index in [2.05, 4.69) is 10.1 Å². The van der Waals surface area contributed by atoms with Crippen LogP contribution in [0.5, 0.6) is 0 Å². The molecule has 0 saturated carbocycles.